The quantitative estimate of drug-likeness (QED) is 0.319. The van der Waals surface area contributed by atoms with Gasteiger partial charge >= 0.3 is 0 Å². The molecule has 0 bridgehead atoms. The molecule has 0 heteroatoms. The van der Waals surface area contributed by atoms with Gasteiger partial charge in [-0.15, -0.1) is 0 Å². The predicted octanol–water partition coefficient (Wildman–Crippen LogP) is 8.35. The molecule has 4 rings (SSSR count). The van der Waals surface area contributed by atoms with Gasteiger partial charge in [-0.25, -0.2) is 0 Å². The maximum Gasteiger partial charge on any atom is 0.00662 e. The number of benzene rings is 4. The summed E-state index contributed by atoms with van der Waals surface area (Å²) in [6.45, 7) is 11.0. The molecule has 0 saturated carbocycles. The van der Waals surface area contributed by atoms with Crippen LogP contribution in [0.15, 0.2) is 97.1 Å². The van der Waals surface area contributed by atoms with Crippen molar-refractivity contribution >= 4 is 0 Å². The molecule has 0 nitrogen and oxygen atoms in total. The van der Waals surface area contributed by atoms with Gasteiger partial charge in [0.15, 0.2) is 0 Å². The molecular formula is C31H34. The summed E-state index contributed by atoms with van der Waals surface area (Å²) in [5.41, 5.74) is 11.1. The molecule has 0 aliphatic heterocycles. The van der Waals surface area contributed by atoms with Crippen LogP contribution in [0.4, 0.5) is 0 Å². The summed E-state index contributed by atoms with van der Waals surface area (Å²) < 4.78 is 0. The normalized spacial score (nSPS) is 10.5. The topological polar surface area (TPSA) is 0 Å². The van der Waals surface area contributed by atoms with Crippen LogP contribution in [-0.4, -0.2) is 0 Å². The SMILES string of the molecule is Cc1ccc(C(C)c2ccc(C)cc2C)c(C)c1.c1ccc(Cc2ccccc2)cc1. The summed E-state index contributed by atoms with van der Waals surface area (Å²) in [5.74, 6) is 0.464. The van der Waals surface area contributed by atoms with E-state index in [1.54, 1.807) is 0 Å². The Morgan fingerprint density at radius 3 is 1.26 bits per heavy atom. The van der Waals surface area contributed by atoms with Gasteiger partial charge in [0.1, 0.15) is 0 Å². The van der Waals surface area contributed by atoms with Gasteiger partial charge in [-0.2, -0.15) is 0 Å². The average Bonchev–Trinajstić information content (AvgIpc) is 2.75. The number of rotatable bonds is 4. The highest BCUT2D eigenvalue weighted by Gasteiger charge is 2.13. The first-order chi connectivity index (χ1) is 14.9. The van der Waals surface area contributed by atoms with E-state index in [0.717, 1.165) is 6.42 Å². The highest BCUT2D eigenvalue weighted by Crippen LogP contribution is 2.29. The van der Waals surface area contributed by atoms with Gasteiger partial charge in [-0.3, -0.25) is 0 Å². The average molecular weight is 407 g/mol. The Labute approximate surface area is 188 Å². The van der Waals surface area contributed by atoms with Crippen molar-refractivity contribution in [2.24, 2.45) is 0 Å². The lowest BCUT2D eigenvalue weighted by Gasteiger charge is -2.18. The fourth-order valence-corrected chi connectivity index (χ4v) is 4.22. The monoisotopic (exact) mass is 406 g/mol. The lowest BCUT2D eigenvalue weighted by Crippen LogP contribution is -2.01. The van der Waals surface area contributed by atoms with E-state index in [2.05, 4.69) is 132 Å². The second-order valence-electron chi connectivity index (χ2n) is 8.59. The Balaban J connectivity index is 0.000000185. The van der Waals surface area contributed by atoms with Crippen molar-refractivity contribution in [1.82, 2.24) is 0 Å². The zero-order valence-electron chi connectivity index (χ0n) is 19.5. The second-order valence-corrected chi connectivity index (χ2v) is 8.59. The van der Waals surface area contributed by atoms with E-state index in [1.165, 1.54) is 44.5 Å². The summed E-state index contributed by atoms with van der Waals surface area (Å²) >= 11 is 0. The van der Waals surface area contributed by atoms with Crippen LogP contribution in [0, 0.1) is 27.7 Å². The summed E-state index contributed by atoms with van der Waals surface area (Å²) in [6.07, 6.45) is 1.03. The molecule has 158 valence electrons. The first kappa shape index (κ1) is 22.6. The van der Waals surface area contributed by atoms with E-state index in [1.807, 2.05) is 0 Å². The first-order valence-corrected chi connectivity index (χ1v) is 11.2. The predicted molar refractivity (Wildman–Crippen MR) is 135 cm³/mol. The van der Waals surface area contributed by atoms with E-state index in [4.69, 9.17) is 0 Å². The minimum atomic E-state index is 0.464. The minimum absolute atomic E-state index is 0.464. The van der Waals surface area contributed by atoms with Crippen LogP contribution in [0.3, 0.4) is 0 Å². The number of hydrogen-bond acceptors (Lipinski definition) is 0. The van der Waals surface area contributed by atoms with Crippen LogP contribution in [-0.2, 0) is 6.42 Å². The van der Waals surface area contributed by atoms with Gasteiger partial charge in [-0.1, -0.05) is 115 Å². The van der Waals surface area contributed by atoms with Crippen LogP contribution < -0.4 is 0 Å². The van der Waals surface area contributed by atoms with Crippen molar-refractivity contribution in [2.75, 3.05) is 0 Å². The Morgan fingerprint density at radius 2 is 0.903 bits per heavy atom. The van der Waals surface area contributed by atoms with E-state index < -0.39 is 0 Å². The van der Waals surface area contributed by atoms with Crippen molar-refractivity contribution in [2.45, 2.75) is 47.0 Å². The summed E-state index contributed by atoms with van der Waals surface area (Å²) in [7, 11) is 0. The number of aryl methyl sites for hydroxylation is 4. The van der Waals surface area contributed by atoms with E-state index in [9.17, 15) is 0 Å². The molecular weight excluding hydrogens is 372 g/mol. The third-order valence-corrected chi connectivity index (χ3v) is 5.88. The lowest BCUT2D eigenvalue weighted by atomic mass is 9.86. The second kappa shape index (κ2) is 10.8. The molecule has 0 unspecified atom stereocenters. The summed E-state index contributed by atoms with van der Waals surface area (Å²) in [6, 6.07) is 34.6. The Morgan fingerprint density at radius 1 is 0.516 bits per heavy atom. The van der Waals surface area contributed by atoms with E-state index in [0.29, 0.717) is 5.92 Å². The molecule has 0 aliphatic carbocycles. The highest BCUT2D eigenvalue weighted by molar-refractivity contribution is 5.42. The van der Waals surface area contributed by atoms with Gasteiger partial charge in [0, 0.05) is 5.92 Å². The fraction of sp³-hybridized carbons (Fsp3) is 0.226. The smallest absolute Gasteiger partial charge is 0.00662 e. The van der Waals surface area contributed by atoms with Crippen molar-refractivity contribution in [3.8, 4) is 0 Å². The van der Waals surface area contributed by atoms with Gasteiger partial charge in [0.25, 0.3) is 0 Å². The zero-order chi connectivity index (χ0) is 22.2. The van der Waals surface area contributed by atoms with Gasteiger partial charge in [0.05, 0.1) is 0 Å². The van der Waals surface area contributed by atoms with Crippen LogP contribution >= 0.6 is 0 Å². The first-order valence-electron chi connectivity index (χ1n) is 11.2. The summed E-state index contributed by atoms with van der Waals surface area (Å²) in [5, 5.41) is 0. The van der Waals surface area contributed by atoms with Crippen LogP contribution in [0.1, 0.15) is 57.3 Å². The molecule has 0 heterocycles. The van der Waals surface area contributed by atoms with Crippen molar-refractivity contribution in [1.29, 1.82) is 0 Å². The Kier molecular flexibility index (Phi) is 7.84. The van der Waals surface area contributed by atoms with Crippen LogP contribution in [0.2, 0.25) is 0 Å². The molecule has 0 atom stereocenters. The van der Waals surface area contributed by atoms with Crippen LogP contribution in [0.5, 0.6) is 0 Å². The molecule has 0 spiro atoms. The molecule has 0 aliphatic rings. The van der Waals surface area contributed by atoms with Gasteiger partial charge in [-0.05, 0) is 67.5 Å². The van der Waals surface area contributed by atoms with Crippen molar-refractivity contribution in [3.63, 3.8) is 0 Å². The molecule has 0 saturated heterocycles. The molecule has 0 fully saturated rings. The molecule has 0 amide bonds. The van der Waals surface area contributed by atoms with Gasteiger partial charge in [0.2, 0.25) is 0 Å². The number of hydrogen-bond donors (Lipinski definition) is 0. The maximum atomic E-state index is 2.30. The lowest BCUT2D eigenvalue weighted by molar-refractivity contribution is 0.896. The van der Waals surface area contributed by atoms with Crippen molar-refractivity contribution in [3.05, 3.63) is 142 Å². The third kappa shape index (κ3) is 6.43. The van der Waals surface area contributed by atoms with Gasteiger partial charge < -0.3 is 0 Å². The molecule has 4 aromatic carbocycles. The third-order valence-electron chi connectivity index (χ3n) is 5.88. The molecule has 0 N–H and O–H groups in total. The minimum Gasteiger partial charge on any atom is -0.0622 e. The van der Waals surface area contributed by atoms with Crippen LogP contribution in [0.25, 0.3) is 0 Å². The summed E-state index contributed by atoms with van der Waals surface area (Å²) in [4.78, 5) is 0. The largest absolute Gasteiger partial charge is 0.0622 e. The molecule has 0 radical (unpaired) electrons. The highest BCUT2D eigenvalue weighted by atomic mass is 14.2. The van der Waals surface area contributed by atoms with E-state index >= 15 is 0 Å². The molecule has 4 aromatic rings. The Bertz CT molecular complexity index is 1000. The molecule has 31 heavy (non-hydrogen) atoms. The fourth-order valence-electron chi connectivity index (χ4n) is 4.22. The zero-order valence-corrected chi connectivity index (χ0v) is 19.5. The molecule has 0 aromatic heterocycles. The Hall–Kier alpha value is -3.12. The van der Waals surface area contributed by atoms with Crippen molar-refractivity contribution < 1.29 is 0 Å². The van der Waals surface area contributed by atoms with E-state index in [-0.39, 0.29) is 0 Å². The standard InChI is InChI=1S/C18H22.C13H12/c1-12-6-8-17(14(3)10-12)16(5)18-9-7-13(2)11-15(18)4;1-3-7-12(8-4-1)11-13-9-5-2-6-10-13/h6-11,16H,1-5H3;1-10H,11H2. The maximum absolute atomic E-state index is 2.30.